The summed E-state index contributed by atoms with van der Waals surface area (Å²) in [6, 6.07) is 9.39. The van der Waals surface area contributed by atoms with Gasteiger partial charge in [0.2, 0.25) is 5.75 Å². The van der Waals surface area contributed by atoms with Crippen molar-refractivity contribution in [3.8, 4) is 17.2 Å². The minimum absolute atomic E-state index is 0.290. The molecule has 2 N–H and O–H groups in total. The van der Waals surface area contributed by atoms with Crippen LogP contribution in [0.1, 0.15) is 11.1 Å². The van der Waals surface area contributed by atoms with Crippen LogP contribution >= 0.6 is 0 Å². The summed E-state index contributed by atoms with van der Waals surface area (Å²) in [5.74, 6) is 1.37. The molecule has 0 radical (unpaired) electrons. The second kappa shape index (κ2) is 9.50. The fourth-order valence-corrected chi connectivity index (χ4v) is 2.45. The molecule has 0 aliphatic carbocycles. The third-order valence-corrected chi connectivity index (χ3v) is 3.79. The number of urea groups is 1. The Labute approximate surface area is 152 Å². The molecule has 0 heterocycles. The predicted molar refractivity (Wildman–Crippen MR) is 96.4 cm³/mol. The minimum atomic E-state index is -0.302. The van der Waals surface area contributed by atoms with Crippen LogP contribution in [0.5, 0.6) is 17.2 Å². The summed E-state index contributed by atoms with van der Waals surface area (Å²) in [7, 11) is 4.66. The summed E-state index contributed by atoms with van der Waals surface area (Å²) >= 11 is 0. The molecule has 0 aromatic heterocycles. The number of hydrogen-bond acceptors (Lipinski definition) is 4. The fourth-order valence-electron chi connectivity index (χ4n) is 2.45. The van der Waals surface area contributed by atoms with Crippen molar-refractivity contribution in [2.45, 2.75) is 13.0 Å². The number of ether oxygens (including phenoxy) is 3. The molecule has 0 aliphatic heterocycles. The van der Waals surface area contributed by atoms with Gasteiger partial charge in [0.25, 0.3) is 0 Å². The molecule has 0 atom stereocenters. The van der Waals surface area contributed by atoms with Gasteiger partial charge in [-0.25, -0.2) is 9.18 Å². The summed E-state index contributed by atoms with van der Waals surface area (Å²) in [5.41, 5.74) is 1.77. The standard InChI is InChI=1S/C19H23FN2O4/c1-24-16-10-14(11-17(25-2)18(16)26-3)8-9-21-19(23)22-12-13-4-6-15(20)7-5-13/h4-7,10-11H,8-9,12H2,1-3H3,(H2,21,22,23). The van der Waals surface area contributed by atoms with Gasteiger partial charge < -0.3 is 24.8 Å². The van der Waals surface area contributed by atoms with Crippen LogP contribution in [0.3, 0.4) is 0 Å². The lowest BCUT2D eigenvalue weighted by Gasteiger charge is -2.14. The zero-order valence-electron chi connectivity index (χ0n) is 15.1. The number of carbonyl (C=O) groups is 1. The van der Waals surface area contributed by atoms with Crippen molar-refractivity contribution < 1.29 is 23.4 Å². The maximum atomic E-state index is 12.8. The van der Waals surface area contributed by atoms with Gasteiger partial charge in [0.1, 0.15) is 5.82 Å². The minimum Gasteiger partial charge on any atom is -0.493 e. The number of nitrogens with one attached hydrogen (secondary N) is 2. The van der Waals surface area contributed by atoms with Crippen molar-refractivity contribution in [2.24, 2.45) is 0 Å². The van der Waals surface area contributed by atoms with Gasteiger partial charge in [0.05, 0.1) is 21.3 Å². The molecule has 0 bridgehead atoms. The van der Waals surface area contributed by atoms with E-state index >= 15 is 0 Å². The molecule has 0 unspecified atom stereocenters. The Morgan fingerprint density at radius 1 is 0.923 bits per heavy atom. The zero-order chi connectivity index (χ0) is 18.9. The summed E-state index contributed by atoms with van der Waals surface area (Å²) in [6.07, 6.45) is 0.598. The Bertz CT molecular complexity index is 710. The lowest BCUT2D eigenvalue weighted by Crippen LogP contribution is -2.36. The number of hydrogen-bond donors (Lipinski definition) is 2. The molecule has 2 aromatic rings. The highest BCUT2D eigenvalue weighted by molar-refractivity contribution is 5.73. The van der Waals surface area contributed by atoms with E-state index < -0.39 is 0 Å². The number of methoxy groups -OCH3 is 3. The maximum Gasteiger partial charge on any atom is 0.315 e. The van der Waals surface area contributed by atoms with Crippen LogP contribution < -0.4 is 24.8 Å². The van der Waals surface area contributed by atoms with Crippen LogP contribution in [0, 0.1) is 5.82 Å². The van der Waals surface area contributed by atoms with E-state index in [0.717, 1.165) is 11.1 Å². The third kappa shape index (κ3) is 5.27. The Morgan fingerprint density at radius 2 is 1.54 bits per heavy atom. The van der Waals surface area contributed by atoms with E-state index in [1.54, 1.807) is 33.5 Å². The number of amides is 2. The lowest BCUT2D eigenvalue weighted by molar-refractivity contribution is 0.240. The first kappa shape index (κ1) is 19.4. The van der Waals surface area contributed by atoms with Gasteiger partial charge in [-0.15, -0.1) is 0 Å². The van der Waals surface area contributed by atoms with Crippen molar-refractivity contribution in [2.75, 3.05) is 27.9 Å². The highest BCUT2D eigenvalue weighted by atomic mass is 19.1. The molecular weight excluding hydrogens is 339 g/mol. The highest BCUT2D eigenvalue weighted by Crippen LogP contribution is 2.38. The van der Waals surface area contributed by atoms with Crippen LogP contribution in [0.25, 0.3) is 0 Å². The van der Waals surface area contributed by atoms with Crippen molar-refractivity contribution in [3.63, 3.8) is 0 Å². The maximum absolute atomic E-state index is 12.8. The van der Waals surface area contributed by atoms with E-state index in [1.807, 2.05) is 12.1 Å². The van der Waals surface area contributed by atoms with Gasteiger partial charge in [0.15, 0.2) is 11.5 Å². The van der Waals surface area contributed by atoms with Gasteiger partial charge in [0, 0.05) is 13.1 Å². The van der Waals surface area contributed by atoms with Crippen LogP contribution in [0.15, 0.2) is 36.4 Å². The van der Waals surface area contributed by atoms with E-state index in [-0.39, 0.29) is 11.8 Å². The number of carbonyl (C=O) groups excluding carboxylic acids is 1. The highest BCUT2D eigenvalue weighted by Gasteiger charge is 2.13. The Kier molecular flexibility index (Phi) is 7.08. The molecule has 0 saturated heterocycles. The molecule has 0 fully saturated rings. The molecule has 2 rings (SSSR count). The molecule has 7 heteroatoms. The first-order valence-corrected chi connectivity index (χ1v) is 8.12. The number of halogens is 1. The molecule has 2 amide bonds. The molecule has 0 saturated carbocycles. The first-order chi connectivity index (χ1) is 12.6. The van der Waals surface area contributed by atoms with E-state index in [9.17, 15) is 9.18 Å². The molecule has 0 spiro atoms. The van der Waals surface area contributed by atoms with Gasteiger partial charge in [-0.2, -0.15) is 0 Å². The van der Waals surface area contributed by atoms with Crippen molar-refractivity contribution in [1.29, 1.82) is 0 Å². The monoisotopic (exact) mass is 362 g/mol. The summed E-state index contributed by atoms with van der Waals surface area (Å²) in [5, 5.41) is 5.51. The van der Waals surface area contributed by atoms with Crippen molar-refractivity contribution >= 4 is 6.03 Å². The Balaban J connectivity index is 1.84. The average Bonchev–Trinajstić information content (AvgIpc) is 2.66. The van der Waals surface area contributed by atoms with Gasteiger partial charge in [-0.3, -0.25) is 0 Å². The third-order valence-electron chi connectivity index (χ3n) is 3.79. The summed E-state index contributed by atoms with van der Waals surface area (Å²) in [4.78, 5) is 11.9. The SMILES string of the molecule is COc1cc(CCNC(=O)NCc2ccc(F)cc2)cc(OC)c1OC. The van der Waals surface area contributed by atoms with Gasteiger partial charge >= 0.3 is 6.03 Å². The average molecular weight is 362 g/mol. The largest absolute Gasteiger partial charge is 0.493 e. The predicted octanol–water partition coefficient (Wildman–Crippen LogP) is 2.89. The molecule has 6 nitrogen and oxygen atoms in total. The molecule has 140 valence electrons. The van der Waals surface area contributed by atoms with Gasteiger partial charge in [-0.05, 0) is 41.8 Å². The van der Waals surface area contributed by atoms with E-state index in [0.29, 0.717) is 36.8 Å². The molecule has 0 aliphatic rings. The second-order valence-electron chi connectivity index (χ2n) is 5.52. The fraction of sp³-hybridized carbons (Fsp3) is 0.316. The zero-order valence-corrected chi connectivity index (χ0v) is 15.1. The second-order valence-corrected chi connectivity index (χ2v) is 5.52. The first-order valence-electron chi connectivity index (χ1n) is 8.12. The van der Waals surface area contributed by atoms with E-state index in [1.165, 1.54) is 12.1 Å². The summed E-state index contributed by atoms with van der Waals surface area (Å²) < 4.78 is 28.8. The topological polar surface area (TPSA) is 68.8 Å². The summed E-state index contributed by atoms with van der Waals surface area (Å²) in [6.45, 7) is 0.768. The number of rotatable bonds is 8. The quantitative estimate of drug-likeness (QED) is 0.758. The lowest BCUT2D eigenvalue weighted by atomic mass is 10.1. The Morgan fingerprint density at radius 3 is 2.08 bits per heavy atom. The van der Waals surface area contributed by atoms with Crippen LogP contribution in [-0.4, -0.2) is 33.9 Å². The smallest absolute Gasteiger partial charge is 0.315 e. The molecular formula is C19H23FN2O4. The van der Waals surface area contributed by atoms with Crippen LogP contribution in [0.4, 0.5) is 9.18 Å². The van der Waals surface area contributed by atoms with Crippen LogP contribution in [0.2, 0.25) is 0 Å². The normalized spacial score (nSPS) is 10.2. The number of benzene rings is 2. The molecule has 26 heavy (non-hydrogen) atoms. The Hall–Kier alpha value is -2.96. The van der Waals surface area contributed by atoms with E-state index in [4.69, 9.17) is 14.2 Å². The van der Waals surface area contributed by atoms with Crippen LogP contribution in [-0.2, 0) is 13.0 Å². The van der Waals surface area contributed by atoms with E-state index in [2.05, 4.69) is 10.6 Å². The van der Waals surface area contributed by atoms with Crippen molar-refractivity contribution in [3.05, 3.63) is 53.3 Å². The van der Waals surface area contributed by atoms with Gasteiger partial charge in [-0.1, -0.05) is 12.1 Å². The molecule has 2 aromatic carbocycles. The van der Waals surface area contributed by atoms with Crippen molar-refractivity contribution in [1.82, 2.24) is 10.6 Å².